The van der Waals surface area contributed by atoms with Crippen molar-refractivity contribution in [3.63, 3.8) is 0 Å². The van der Waals surface area contributed by atoms with Gasteiger partial charge in [0.15, 0.2) is 11.5 Å². The summed E-state index contributed by atoms with van der Waals surface area (Å²) in [6.07, 6.45) is 8.00. The molecule has 2 aliphatic heterocycles. The fourth-order valence-electron chi connectivity index (χ4n) is 6.83. The molecular weight excluding hydrogens is 326 g/mol. The number of benzene rings is 1. The first-order valence-corrected chi connectivity index (χ1v) is 10.4. The Morgan fingerprint density at radius 3 is 2.85 bits per heavy atom. The van der Waals surface area contributed by atoms with Crippen LogP contribution in [0.1, 0.15) is 43.2 Å². The Morgan fingerprint density at radius 2 is 2.08 bits per heavy atom. The van der Waals surface area contributed by atoms with E-state index in [0.717, 1.165) is 23.8 Å². The Bertz CT molecular complexity index is 745. The number of hydrogen-bond acceptors (Lipinski definition) is 4. The summed E-state index contributed by atoms with van der Waals surface area (Å²) in [5.41, 5.74) is 3.12. The van der Waals surface area contributed by atoms with Gasteiger partial charge in [0.2, 0.25) is 0 Å². The topological polar surface area (TPSA) is 30.9 Å². The van der Waals surface area contributed by atoms with Crippen molar-refractivity contribution in [2.75, 3.05) is 27.3 Å². The highest BCUT2D eigenvalue weighted by atomic mass is 16.6. The molecule has 1 unspecified atom stereocenters. The SMILES string of the molecule is COc1ccc2c3c1O[C@@H]1C(OC)CC[C@@H]4[C@H](C2)N(CC2CC2)CC[C@@]314. The minimum atomic E-state index is 0.140. The van der Waals surface area contributed by atoms with Gasteiger partial charge >= 0.3 is 0 Å². The number of piperidine rings is 1. The van der Waals surface area contributed by atoms with Crippen molar-refractivity contribution in [2.24, 2.45) is 11.8 Å². The molecule has 2 heterocycles. The molecule has 1 aromatic carbocycles. The largest absolute Gasteiger partial charge is 0.493 e. The molecule has 1 spiro atoms. The van der Waals surface area contributed by atoms with Gasteiger partial charge in [-0.05, 0) is 68.5 Å². The first kappa shape index (κ1) is 15.8. The fraction of sp³-hybridized carbons (Fsp3) is 0.727. The highest BCUT2D eigenvalue weighted by Gasteiger charge is 2.66. The molecule has 0 radical (unpaired) electrons. The summed E-state index contributed by atoms with van der Waals surface area (Å²) >= 11 is 0. The second-order valence-electron chi connectivity index (χ2n) is 9.13. The van der Waals surface area contributed by atoms with Crippen LogP contribution >= 0.6 is 0 Å². The van der Waals surface area contributed by atoms with Gasteiger partial charge in [0.05, 0.1) is 13.2 Å². The van der Waals surface area contributed by atoms with E-state index in [4.69, 9.17) is 14.2 Å². The average molecular weight is 355 g/mol. The number of methoxy groups -OCH3 is 2. The number of nitrogens with zero attached hydrogens (tertiary/aromatic N) is 1. The highest BCUT2D eigenvalue weighted by molar-refractivity contribution is 5.61. The predicted molar refractivity (Wildman–Crippen MR) is 99.0 cm³/mol. The van der Waals surface area contributed by atoms with Crippen LogP contribution in [-0.2, 0) is 16.6 Å². The molecule has 140 valence electrons. The van der Waals surface area contributed by atoms with E-state index in [1.165, 1.54) is 56.3 Å². The first-order valence-electron chi connectivity index (χ1n) is 10.4. The van der Waals surface area contributed by atoms with E-state index in [9.17, 15) is 0 Å². The van der Waals surface area contributed by atoms with Crippen LogP contribution in [0.2, 0.25) is 0 Å². The van der Waals surface area contributed by atoms with Crippen LogP contribution in [0.4, 0.5) is 0 Å². The maximum Gasteiger partial charge on any atom is 0.165 e. The van der Waals surface area contributed by atoms with Crippen LogP contribution in [0.3, 0.4) is 0 Å². The Balaban J connectivity index is 1.51. The van der Waals surface area contributed by atoms with Gasteiger partial charge in [0.1, 0.15) is 6.10 Å². The van der Waals surface area contributed by atoms with Gasteiger partial charge in [-0.2, -0.15) is 0 Å². The van der Waals surface area contributed by atoms with Gasteiger partial charge in [-0.15, -0.1) is 0 Å². The van der Waals surface area contributed by atoms with E-state index in [2.05, 4.69) is 17.0 Å². The lowest BCUT2D eigenvalue weighted by molar-refractivity contribution is -0.116. The van der Waals surface area contributed by atoms with Crippen LogP contribution in [0.15, 0.2) is 12.1 Å². The zero-order valence-corrected chi connectivity index (χ0v) is 15.9. The van der Waals surface area contributed by atoms with Crippen molar-refractivity contribution in [3.05, 3.63) is 23.3 Å². The first-order chi connectivity index (χ1) is 12.8. The molecule has 3 fully saturated rings. The van der Waals surface area contributed by atoms with Crippen LogP contribution in [0, 0.1) is 11.8 Å². The number of likely N-dealkylation sites (tertiary alicyclic amines) is 1. The Hall–Kier alpha value is -1.26. The monoisotopic (exact) mass is 355 g/mol. The second kappa shape index (κ2) is 5.39. The van der Waals surface area contributed by atoms with Crippen molar-refractivity contribution in [1.82, 2.24) is 4.90 Å². The minimum Gasteiger partial charge on any atom is -0.493 e. The summed E-state index contributed by atoms with van der Waals surface area (Å²) in [7, 11) is 3.62. The molecule has 2 saturated carbocycles. The molecular formula is C22H29NO3. The molecule has 5 atom stereocenters. The van der Waals surface area contributed by atoms with Crippen molar-refractivity contribution >= 4 is 0 Å². The smallest absolute Gasteiger partial charge is 0.165 e. The fourth-order valence-corrected chi connectivity index (χ4v) is 6.83. The number of hydrogen-bond donors (Lipinski definition) is 0. The summed E-state index contributed by atoms with van der Waals surface area (Å²) in [6.45, 7) is 2.53. The van der Waals surface area contributed by atoms with Gasteiger partial charge in [-0.3, -0.25) is 4.90 Å². The van der Waals surface area contributed by atoms with E-state index in [0.29, 0.717) is 12.0 Å². The zero-order chi connectivity index (χ0) is 17.5. The Labute approximate surface area is 155 Å². The van der Waals surface area contributed by atoms with Gasteiger partial charge in [-0.25, -0.2) is 0 Å². The third kappa shape index (κ3) is 1.87. The third-order valence-corrected chi connectivity index (χ3v) is 8.07. The maximum absolute atomic E-state index is 6.66. The van der Waals surface area contributed by atoms with Crippen LogP contribution in [-0.4, -0.2) is 50.5 Å². The molecule has 0 amide bonds. The summed E-state index contributed by atoms with van der Waals surface area (Å²) in [6, 6.07) is 5.11. The molecule has 1 aromatic rings. The normalized spacial score (nSPS) is 40.1. The standard InChI is InChI=1S/C22H29NO3/c1-24-17-7-5-14-11-16-15-6-8-18(25-2)21-22(15,19(14)20(17)26-21)9-10-23(16)12-13-3-4-13/h5,7,13,15-16,18,21H,3-4,6,8-12H2,1-2H3/t15-,16+,18?,21-,22-/m1/s1. The van der Waals surface area contributed by atoms with E-state index < -0.39 is 0 Å². The summed E-state index contributed by atoms with van der Waals surface area (Å²) in [5.74, 6) is 3.59. The van der Waals surface area contributed by atoms with Gasteiger partial charge < -0.3 is 14.2 Å². The molecule has 4 heteroatoms. The van der Waals surface area contributed by atoms with Crippen LogP contribution in [0.5, 0.6) is 11.5 Å². The van der Waals surface area contributed by atoms with Gasteiger partial charge in [0.25, 0.3) is 0 Å². The molecule has 2 bridgehead atoms. The minimum absolute atomic E-state index is 0.140. The van der Waals surface area contributed by atoms with E-state index in [1.54, 1.807) is 7.11 Å². The van der Waals surface area contributed by atoms with Gasteiger partial charge in [0, 0.05) is 30.7 Å². The average Bonchev–Trinajstić information content (AvgIpc) is 3.41. The van der Waals surface area contributed by atoms with Crippen molar-refractivity contribution < 1.29 is 14.2 Å². The predicted octanol–water partition coefficient (Wildman–Crippen LogP) is 3.16. The highest BCUT2D eigenvalue weighted by Crippen LogP contribution is 2.64. The molecule has 26 heavy (non-hydrogen) atoms. The molecule has 0 aromatic heterocycles. The van der Waals surface area contributed by atoms with E-state index >= 15 is 0 Å². The van der Waals surface area contributed by atoms with E-state index in [-0.39, 0.29) is 17.6 Å². The molecule has 3 aliphatic carbocycles. The number of ether oxygens (including phenoxy) is 3. The molecule has 0 N–H and O–H groups in total. The van der Waals surface area contributed by atoms with Crippen molar-refractivity contribution in [3.8, 4) is 11.5 Å². The molecule has 6 rings (SSSR count). The maximum atomic E-state index is 6.66. The summed E-state index contributed by atoms with van der Waals surface area (Å²) in [5, 5.41) is 0. The molecule has 4 nitrogen and oxygen atoms in total. The zero-order valence-electron chi connectivity index (χ0n) is 15.9. The second-order valence-corrected chi connectivity index (χ2v) is 9.13. The molecule has 5 aliphatic rings. The Morgan fingerprint density at radius 1 is 1.19 bits per heavy atom. The lowest BCUT2D eigenvalue weighted by Gasteiger charge is -2.59. The quantitative estimate of drug-likeness (QED) is 0.830. The van der Waals surface area contributed by atoms with Crippen molar-refractivity contribution in [2.45, 2.75) is 62.2 Å². The number of rotatable bonds is 4. The van der Waals surface area contributed by atoms with E-state index in [1.807, 2.05) is 7.11 Å². The van der Waals surface area contributed by atoms with Gasteiger partial charge in [-0.1, -0.05) is 6.07 Å². The lowest BCUT2D eigenvalue weighted by Crippen LogP contribution is -2.67. The molecule has 1 saturated heterocycles. The Kier molecular flexibility index (Phi) is 3.27. The summed E-state index contributed by atoms with van der Waals surface area (Å²) in [4.78, 5) is 2.84. The van der Waals surface area contributed by atoms with Crippen molar-refractivity contribution in [1.29, 1.82) is 0 Å². The lowest BCUT2D eigenvalue weighted by atomic mass is 9.51. The van der Waals surface area contributed by atoms with Crippen LogP contribution in [0.25, 0.3) is 0 Å². The third-order valence-electron chi connectivity index (χ3n) is 8.07. The van der Waals surface area contributed by atoms with Crippen LogP contribution < -0.4 is 9.47 Å². The summed E-state index contributed by atoms with van der Waals surface area (Å²) < 4.78 is 18.3.